The van der Waals surface area contributed by atoms with Gasteiger partial charge in [0.25, 0.3) is 5.56 Å². The normalized spacial score (nSPS) is 9.93. The van der Waals surface area contributed by atoms with Gasteiger partial charge in [-0.3, -0.25) is 14.2 Å². The molecule has 1 amide bonds. The molecule has 14 heavy (non-hydrogen) atoms. The molecule has 0 saturated carbocycles. The summed E-state index contributed by atoms with van der Waals surface area (Å²) in [5.41, 5.74) is -0.184. The Balaban J connectivity index is 2.93. The number of nitrogens with zero attached hydrogens (tertiary/aromatic N) is 3. The van der Waals surface area contributed by atoms with Gasteiger partial charge in [0.05, 0.1) is 9.90 Å². The molecule has 0 spiro atoms. The van der Waals surface area contributed by atoms with Crippen molar-refractivity contribution < 1.29 is 4.79 Å². The zero-order valence-corrected chi connectivity index (χ0v) is 10.1. The molecular weight excluding hydrogens is 297 g/mol. The molecule has 0 unspecified atom stereocenters. The van der Waals surface area contributed by atoms with E-state index in [9.17, 15) is 9.59 Å². The van der Waals surface area contributed by atoms with E-state index in [2.05, 4.69) is 4.98 Å². The number of rotatable bonds is 2. The summed E-state index contributed by atoms with van der Waals surface area (Å²) < 4.78 is 1.81. The molecule has 1 heterocycles. The van der Waals surface area contributed by atoms with Crippen molar-refractivity contribution in [1.29, 1.82) is 0 Å². The standard InChI is InChI=1S/C8H10IN3O2/c1-11(2)7(13)4-12-5-10-3-6(9)8(12)14/h3,5H,4H2,1-2H3. The third-order valence-corrected chi connectivity index (χ3v) is 2.40. The highest BCUT2D eigenvalue weighted by atomic mass is 127. The van der Waals surface area contributed by atoms with E-state index >= 15 is 0 Å². The molecule has 0 radical (unpaired) electrons. The van der Waals surface area contributed by atoms with E-state index in [1.165, 1.54) is 22.0 Å². The van der Waals surface area contributed by atoms with E-state index in [4.69, 9.17) is 0 Å². The van der Waals surface area contributed by atoms with Crippen LogP contribution >= 0.6 is 22.6 Å². The van der Waals surface area contributed by atoms with Crippen LogP contribution in [0.1, 0.15) is 0 Å². The Bertz CT molecular complexity index is 400. The predicted molar refractivity (Wildman–Crippen MR) is 59.9 cm³/mol. The highest BCUT2D eigenvalue weighted by molar-refractivity contribution is 14.1. The van der Waals surface area contributed by atoms with Crippen molar-refractivity contribution in [3.8, 4) is 0 Å². The second kappa shape index (κ2) is 4.54. The van der Waals surface area contributed by atoms with E-state index in [0.29, 0.717) is 3.57 Å². The zero-order valence-electron chi connectivity index (χ0n) is 7.90. The van der Waals surface area contributed by atoms with Crippen LogP contribution in [-0.4, -0.2) is 34.5 Å². The van der Waals surface area contributed by atoms with Crippen LogP contribution < -0.4 is 5.56 Å². The van der Waals surface area contributed by atoms with E-state index in [1.807, 2.05) is 22.6 Å². The van der Waals surface area contributed by atoms with E-state index in [1.54, 1.807) is 14.1 Å². The molecule has 0 bridgehead atoms. The van der Waals surface area contributed by atoms with E-state index in [0.717, 1.165) is 0 Å². The number of halogens is 1. The molecule has 6 heteroatoms. The molecule has 0 aliphatic heterocycles. The van der Waals surface area contributed by atoms with Crippen molar-refractivity contribution in [1.82, 2.24) is 14.5 Å². The van der Waals surface area contributed by atoms with E-state index < -0.39 is 0 Å². The molecule has 0 saturated heterocycles. The monoisotopic (exact) mass is 307 g/mol. The first-order chi connectivity index (χ1) is 6.52. The summed E-state index contributed by atoms with van der Waals surface area (Å²) >= 11 is 1.89. The zero-order chi connectivity index (χ0) is 10.7. The molecule has 76 valence electrons. The van der Waals surface area contributed by atoms with Crippen molar-refractivity contribution in [3.05, 3.63) is 26.4 Å². The number of hydrogen-bond donors (Lipinski definition) is 0. The van der Waals surface area contributed by atoms with Gasteiger partial charge in [-0.1, -0.05) is 0 Å². The summed E-state index contributed by atoms with van der Waals surface area (Å²) in [6, 6.07) is 0. The maximum atomic E-state index is 11.5. The molecule has 1 aromatic heterocycles. The van der Waals surface area contributed by atoms with Gasteiger partial charge < -0.3 is 4.90 Å². The maximum Gasteiger partial charge on any atom is 0.267 e. The SMILES string of the molecule is CN(C)C(=O)Cn1cncc(I)c1=O. The Hall–Kier alpha value is -0.920. The second-order valence-corrected chi connectivity index (χ2v) is 4.12. The molecule has 5 nitrogen and oxygen atoms in total. The van der Waals surface area contributed by atoms with Gasteiger partial charge in [-0.2, -0.15) is 0 Å². The number of amides is 1. The van der Waals surface area contributed by atoms with Crippen LogP contribution in [-0.2, 0) is 11.3 Å². The third kappa shape index (κ3) is 2.53. The lowest BCUT2D eigenvalue weighted by atomic mass is 10.5. The Kier molecular flexibility index (Phi) is 3.62. The summed E-state index contributed by atoms with van der Waals surface area (Å²) in [5, 5.41) is 0. The molecule has 0 aliphatic rings. The molecule has 0 atom stereocenters. The van der Waals surface area contributed by atoms with Crippen molar-refractivity contribution in [2.45, 2.75) is 6.54 Å². The number of carbonyl (C=O) groups is 1. The Labute approximate surface area is 94.9 Å². The van der Waals surface area contributed by atoms with Crippen molar-refractivity contribution in [2.75, 3.05) is 14.1 Å². The summed E-state index contributed by atoms with van der Waals surface area (Å²) in [4.78, 5) is 28.1. The smallest absolute Gasteiger partial charge is 0.267 e. The molecular formula is C8H10IN3O2. The average Bonchev–Trinajstić information content (AvgIpc) is 2.12. The first kappa shape index (κ1) is 11.2. The van der Waals surface area contributed by atoms with Gasteiger partial charge in [-0.05, 0) is 22.6 Å². The van der Waals surface area contributed by atoms with Crippen LogP contribution in [0.2, 0.25) is 0 Å². The predicted octanol–water partition coefficient (Wildman–Crippen LogP) is -0.0639. The van der Waals surface area contributed by atoms with Crippen LogP contribution in [0.4, 0.5) is 0 Å². The minimum Gasteiger partial charge on any atom is -0.347 e. The Morgan fingerprint density at radius 1 is 1.64 bits per heavy atom. The maximum absolute atomic E-state index is 11.5. The fourth-order valence-corrected chi connectivity index (χ4v) is 1.29. The topological polar surface area (TPSA) is 55.2 Å². The van der Waals surface area contributed by atoms with Gasteiger partial charge in [-0.25, -0.2) is 4.98 Å². The third-order valence-electron chi connectivity index (χ3n) is 1.66. The quantitative estimate of drug-likeness (QED) is 0.719. The molecule has 1 aromatic rings. The van der Waals surface area contributed by atoms with Crippen molar-refractivity contribution in [2.24, 2.45) is 0 Å². The average molecular weight is 307 g/mol. The number of likely N-dealkylation sites (N-methyl/N-ethyl adjacent to an activating group) is 1. The van der Waals surface area contributed by atoms with Crippen LogP contribution in [0.3, 0.4) is 0 Å². The minimum absolute atomic E-state index is 0.0374. The van der Waals surface area contributed by atoms with Gasteiger partial charge in [0, 0.05) is 20.3 Å². The summed E-state index contributed by atoms with van der Waals surface area (Å²) in [6.07, 6.45) is 2.84. The number of carbonyl (C=O) groups excluding carboxylic acids is 1. The molecule has 1 rings (SSSR count). The number of aromatic nitrogens is 2. The summed E-state index contributed by atoms with van der Waals surface area (Å²) in [7, 11) is 3.30. The molecule has 0 N–H and O–H groups in total. The van der Waals surface area contributed by atoms with Crippen LogP contribution in [0.15, 0.2) is 17.3 Å². The molecule has 0 aliphatic carbocycles. The van der Waals surface area contributed by atoms with E-state index in [-0.39, 0.29) is 18.0 Å². The Morgan fingerprint density at radius 2 is 2.29 bits per heavy atom. The first-order valence-corrected chi connectivity index (χ1v) is 5.00. The highest BCUT2D eigenvalue weighted by Crippen LogP contribution is 1.93. The fraction of sp³-hybridized carbons (Fsp3) is 0.375. The van der Waals surface area contributed by atoms with Gasteiger partial charge >= 0.3 is 0 Å². The van der Waals surface area contributed by atoms with Crippen molar-refractivity contribution >= 4 is 28.5 Å². The number of hydrogen-bond acceptors (Lipinski definition) is 3. The minimum atomic E-state index is -0.184. The van der Waals surface area contributed by atoms with Gasteiger partial charge in [0.1, 0.15) is 6.54 Å². The summed E-state index contributed by atoms with van der Waals surface area (Å²) in [6.45, 7) is 0.0374. The lowest BCUT2D eigenvalue weighted by Gasteiger charge is -2.10. The summed E-state index contributed by atoms with van der Waals surface area (Å²) in [5.74, 6) is -0.129. The highest BCUT2D eigenvalue weighted by Gasteiger charge is 2.07. The molecule has 0 aromatic carbocycles. The largest absolute Gasteiger partial charge is 0.347 e. The van der Waals surface area contributed by atoms with Gasteiger partial charge in [0.2, 0.25) is 5.91 Å². The van der Waals surface area contributed by atoms with Gasteiger partial charge in [-0.15, -0.1) is 0 Å². The Morgan fingerprint density at radius 3 is 2.86 bits per heavy atom. The van der Waals surface area contributed by atoms with Gasteiger partial charge in [0.15, 0.2) is 0 Å². The van der Waals surface area contributed by atoms with Crippen molar-refractivity contribution in [3.63, 3.8) is 0 Å². The van der Waals surface area contributed by atoms with Crippen LogP contribution in [0, 0.1) is 3.57 Å². The lowest BCUT2D eigenvalue weighted by molar-refractivity contribution is -0.129. The van der Waals surface area contributed by atoms with Crippen LogP contribution in [0.25, 0.3) is 0 Å². The second-order valence-electron chi connectivity index (χ2n) is 2.96. The first-order valence-electron chi connectivity index (χ1n) is 3.92. The molecule has 0 fully saturated rings. The lowest BCUT2D eigenvalue weighted by Crippen LogP contribution is -2.32. The fourth-order valence-electron chi connectivity index (χ4n) is 0.824. The van der Waals surface area contributed by atoms with Crippen LogP contribution in [0.5, 0.6) is 0 Å².